The number of amides is 1. The summed E-state index contributed by atoms with van der Waals surface area (Å²) >= 11 is 0. The fourth-order valence-corrected chi connectivity index (χ4v) is 2.02. The zero-order chi connectivity index (χ0) is 15.1. The van der Waals surface area contributed by atoms with Crippen LogP contribution in [0.3, 0.4) is 0 Å². The van der Waals surface area contributed by atoms with E-state index < -0.39 is 5.91 Å². The summed E-state index contributed by atoms with van der Waals surface area (Å²) in [4.78, 5) is 11.5. The lowest BCUT2D eigenvalue weighted by atomic mass is 10.1. The van der Waals surface area contributed by atoms with Gasteiger partial charge in [-0.3, -0.25) is 10.0 Å². The van der Waals surface area contributed by atoms with Gasteiger partial charge in [0, 0.05) is 12.6 Å². The normalized spacial score (nSPS) is 10.8. The summed E-state index contributed by atoms with van der Waals surface area (Å²) in [5.41, 5.74) is 2.91. The van der Waals surface area contributed by atoms with E-state index in [0.717, 1.165) is 18.4 Å². The Morgan fingerprint density at radius 2 is 1.48 bits per heavy atom. The molecule has 3 heteroatoms. The number of carbonyl (C=O) groups is 1. The third-order valence-corrected chi connectivity index (χ3v) is 3.21. The fraction of sp³-hybridized carbons (Fsp3) is 0.167. The van der Waals surface area contributed by atoms with E-state index in [1.165, 1.54) is 12.6 Å². The highest BCUT2D eigenvalue weighted by atomic mass is 16.5. The average molecular weight is 281 g/mol. The van der Waals surface area contributed by atoms with Crippen molar-refractivity contribution in [2.24, 2.45) is 0 Å². The van der Waals surface area contributed by atoms with Crippen LogP contribution in [0.4, 0.5) is 0 Å². The molecule has 21 heavy (non-hydrogen) atoms. The van der Waals surface area contributed by atoms with Gasteiger partial charge in [-0.05, 0) is 36.1 Å². The van der Waals surface area contributed by atoms with Crippen molar-refractivity contribution >= 4 is 5.91 Å². The number of hydrogen-bond acceptors (Lipinski definition) is 2. The van der Waals surface area contributed by atoms with Crippen molar-refractivity contribution in [3.63, 3.8) is 0 Å². The predicted octanol–water partition coefficient (Wildman–Crippen LogP) is 3.49. The second kappa shape index (κ2) is 7.41. The molecule has 0 heterocycles. The summed E-state index contributed by atoms with van der Waals surface area (Å²) in [5.74, 6) is -0.402. The molecular weight excluding hydrogens is 262 g/mol. The second-order valence-electron chi connectivity index (χ2n) is 4.89. The molecule has 0 fully saturated rings. The third kappa shape index (κ3) is 4.58. The van der Waals surface area contributed by atoms with E-state index in [2.05, 4.69) is 24.3 Å². The highest BCUT2D eigenvalue weighted by Crippen LogP contribution is 2.08. The summed E-state index contributed by atoms with van der Waals surface area (Å²) in [5, 5.41) is 9.69. The maximum absolute atomic E-state index is 11.5. The van der Waals surface area contributed by atoms with Gasteiger partial charge >= 0.3 is 0 Å². The maximum Gasteiger partial charge on any atom is 0.276 e. The van der Waals surface area contributed by atoms with Crippen molar-refractivity contribution < 1.29 is 10.0 Å². The molecule has 0 saturated heterocycles. The van der Waals surface area contributed by atoms with Crippen LogP contribution < -0.4 is 0 Å². The molecule has 0 atom stereocenters. The van der Waals surface area contributed by atoms with Crippen LogP contribution in [0.15, 0.2) is 66.7 Å². The molecular formula is C18H19NO2. The van der Waals surface area contributed by atoms with Crippen LogP contribution in [0.5, 0.6) is 0 Å². The van der Waals surface area contributed by atoms with Gasteiger partial charge in [0.05, 0.1) is 0 Å². The molecule has 2 aromatic rings. The standard InChI is InChI=1S/C18H19NO2/c1-19(21)18(20)17-13-11-16(12-14-17)10-6-5-9-15-7-3-2-4-8-15/h2-8,11-14,21H,9-10H2,1H3. The Kier molecular flexibility index (Phi) is 5.29. The maximum atomic E-state index is 11.5. The van der Waals surface area contributed by atoms with Gasteiger partial charge in [-0.2, -0.15) is 0 Å². The number of rotatable bonds is 5. The number of hydroxylamine groups is 2. The fourth-order valence-electron chi connectivity index (χ4n) is 2.02. The van der Waals surface area contributed by atoms with Gasteiger partial charge in [-0.1, -0.05) is 54.6 Å². The Bertz CT molecular complexity index is 601. The van der Waals surface area contributed by atoms with Crippen molar-refractivity contribution in [2.75, 3.05) is 7.05 Å². The van der Waals surface area contributed by atoms with Gasteiger partial charge in [0.2, 0.25) is 0 Å². The van der Waals surface area contributed by atoms with Gasteiger partial charge in [0.1, 0.15) is 0 Å². The van der Waals surface area contributed by atoms with Gasteiger partial charge in [-0.15, -0.1) is 0 Å². The number of nitrogens with zero attached hydrogens (tertiary/aromatic N) is 1. The number of allylic oxidation sites excluding steroid dienone is 2. The van der Waals surface area contributed by atoms with Gasteiger partial charge < -0.3 is 0 Å². The monoisotopic (exact) mass is 281 g/mol. The van der Waals surface area contributed by atoms with E-state index in [9.17, 15) is 4.79 Å². The predicted molar refractivity (Wildman–Crippen MR) is 83.3 cm³/mol. The zero-order valence-corrected chi connectivity index (χ0v) is 12.1. The molecule has 0 aliphatic rings. The first-order valence-corrected chi connectivity index (χ1v) is 6.91. The van der Waals surface area contributed by atoms with Crippen molar-refractivity contribution in [3.8, 4) is 0 Å². The van der Waals surface area contributed by atoms with E-state index in [1.54, 1.807) is 12.1 Å². The highest BCUT2D eigenvalue weighted by Gasteiger charge is 2.08. The minimum atomic E-state index is -0.402. The van der Waals surface area contributed by atoms with Crippen molar-refractivity contribution in [1.82, 2.24) is 5.06 Å². The molecule has 108 valence electrons. The first-order valence-electron chi connectivity index (χ1n) is 6.91. The van der Waals surface area contributed by atoms with Crippen molar-refractivity contribution in [2.45, 2.75) is 12.8 Å². The van der Waals surface area contributed by atoms with Crippen LogP contribution in [0.25, 0.3) is 0 Å². The van der Waals surface area contributed by atoms with Crippen molar-refractivity contribution in [3.05, 3.63) is 83.4 Å². The molecule has 0 spiro atoms. The van der Waals surface area contributed by atoms with Gasteiger partial charge in [0.15, 0.2) is 0 Å². The van der Waals surface area contributed by atoms with E-state index >= 15 is 0 Å². The molecule has 2 rings (SSSR count). The quantitative estimate of drug-likeness (QED) is 0.518. The number of benzene rings is 2. The third-order valence-electron chi connectivity index (χ3n) is 3.21. The van der Waals surface area contributed by atoms with E-state index in [-0.39, 0.29) is 0 Å². The molecule has 0 aliphatic carbocycles. The molecule has 0 aliphatic heterocycles. The molecule has 3 nitrogen and oxygen atoms in total. The lowest BCUT2D eigenvalue weighted by Gasteiger charge is -2.08. The summed E-state index contributed by atoms with van der Waals surface area (Å²) in [7, 11) is 1.32. The van der Waals surface area contributed by atoms with Gasteiger partial charge in [-0.25, -0.2) is 5.06 Å². The topological polar surface area (TPSA) is 40.5 Å². The minimum Gasteiger partial charge on any atom is -0.286 e. The summed E-state index contributed by atoms with van der Waals surface area (Å²) in [6, 6.07) is 17.6. The molecule has 0 aromatic heterocycles. The van der Waals surface area contributed by atoms with E-state index in [4.69, 9.17) is 5.21 Å². The Morgan fingerprint density at radius 3 is 2.00 bits per heavy atom. The molecule has 2 aromatic carbocycles. The molecule has 1 N–H and O–H groups in total. The van der Waals surface area contributed by atoms with Crippen LogP contribution in [-0.4, -0.2) is 23.2 Å². The van der Waals surface area contributed by atoms with Crippen LogP contribution in [0.1, 0.15) is 21.5 Å². The number of hydrogen-bond donors (Lipinski definition) is 1. The Hall–Kier alpha value is -2.39. The van der Waals surface area contributed by atoms with Crippen LogP contribution in [0, 0.1) is 0 Å². The van der Waals surface area contributed by atoms with Gasteiger partial charge in [0.25, 0.3) is 5.91 Å². The second-order valence-corrected chi connectivity index (χ2v) is 4.89. The molecule has 0 radical (unpaired) electrons. The highest BCUT2D eigenvalue weighted by molar-refractivity contribution is 5.93. The average Bonchev–Trinajstić information content (AvgIpc) is 2.52. The molecule has 1 amide bonds. The Balaban J connectivity index is 1.88. The summed E-state index contributed by atoms with van der Waals surface area (Å²) < 4.78 is 0. The molecule has 0 saturated carbocycles. The zero-order valence-electron chi connectivity index (χ0n) is 12.1. The Morgan fingerprint density at radius 1 is 0.952 bits per heavy atom. The first-order chi connectivity index (χ1) is 10.2. The van der Waals surface area contributed by atoms with Crippen LogP contribution in [-0.2, 0) is 12.8 Å². The lowest BCUT2D eigenvalue weighted by Crippen LogP contribution is -2.22. The summed E-state index contributed by atoms with van der Waals surface area (Å²) in [6.07, 6.45) is 6.03. The largest absolute Gasteiger partial charge is 0.286 e. The minimum absolute atomic E-state index is 0.402. The van der Waals surface area contributed by atoms with E-state index in [0.29, 0.717) is 10.6 Å². The summed E-state index contributed by atoms with van der Waals surface area (Å²) in [6.45, 7) is 0. The lowest BCUT2D eigenvalue weighted by molar-refractivity contribution is -0.0374. The van der Waals surface area contributed by atoms with Crippen LogP contribution >= 0.6 is 0 Å². The smallest absolute Gasteiger partial charge is 0.276 e. The van der Waals surface area contributed by atoms with Crippen LogP contribution in [0.2, 0.25) is 0 Å². The van der Waals surface area contributed by atoms with Crippen molar-refractivity contribution in [1.29, 1.82) is 0 Å². The number of carbonyl (C=O) groups excluding carboxylic acids is 1. The Labute approximate surface area is 125 Å². The molecule has 0 unspecified atom stereocenters. The van der Waals surface area contributed by atoms with E-state index in [1.807, 2.05) is 30.3 Å². The molecule has 0 bridgehead atoms. The first kappa shape index (κ1) is 15.0. The SMILES string of the molecule is CN(O)C(=O)c1ccc(CC=CCc2ccccc2)cc1.